The lowest BCUT2D eigenvalue weighted by atomic mass is 10.2. The molecule has 0 radical (unpaired) electrons. The first kappa shape index (κ1) is 11.7. The first-order valence-corrected chi connectivity index (χ1v) is 4.43. The van der Waals surface area contributed by atoms with Crippen LogP contribution in [0.4, 0.5) is 0 Å². The van der Waals surface area contributed by atoms with Crippen LogP contribution in [-0.4, -0.2) is 30.9 Å². The number of nitrogens with zero attached hydrogens (tertiary/aromatic N) is 1. The van der Waals surface area contributed by atoms with Crippen molar-refractivity contribution in [2.75, 3.05) is 20.8 Å². The third kappa shape index (κ3) is 3.33. The second-order valence-corrected chi connectivity index (χ2v) is 2.73. The van der Waals surface area contributed by atoms with Gasteiger partial charge in [-0.15, -0.1) is 0 Å². The largest absolute Gasteiger partial charge is 0.384 e. The summed E-state index contributed by atoms with van der Waals surface area (Å²) in [6, 6.07) is 3.52. The Kier molecular flexibility index (Phi) is 4.78. The summed E-state index contributed by atoms with van der Waals surface area (Å²) < 4.78 is 10.1. The third-order valence-corrected chi connectivity index (χ3v) is 1.76. The Hall–Kier alpha value is -1.41. The summed E-state index contributed by atoms with van der Waals surface area (Å²) in [4.78, 5) is 4.11. The van der Waals surface area contributed by atoms with E-state index in [1.165, 1.54) is 0 Å². The van der Waals surface area contributed by atoms with Crippen LogP contribution in [0, 0.1) is 11.8 Å². The van der Waals surface area contributed by atoms with Crippen molar-refractivity contribution >= 4 is 0 Å². The molecule has 0 bridgehead atoms. The molecule has 1 N–H and O–H groups in total. The molecule has 4 nitrogen and oxygen atoms in total. The molecule has 80 valence electrons. The summed E-state index contributed by atoms with van der Waals surface area (Å²) in [6.45, 7) is -0.157. The molecule has 1 aromatic rings. The lowest BCUT2D eigenvalue weighted by Gasteiger charge is -2.12. The predicted octanol–water partition coefficient (Wildman–Crippen LogP) is 0.717. The number of aromatic nitrogens is 1. The zero-order valence-corrected chi connectivity index (χ0v) is 8.73. The Labute approximate surface area is 88.9 Å². The van der Waals surface area contributed by atoms with Gasteiger partial charge >= 0.3 is 0 Å². The molecule has 0 unspecified atom stereocenters. The number of hydrogen-bond acceptors (Lipinski definition) is 4. The first-order valence-electron chi connectivity index (χ1n) is 4.43. The Morgan fingerprint density at radius 2 is 2.20 bits per heavy atom. The zero-order valence-electron chi connectivity index (χ0n) is 8.73. The molecule has 0 aliphatic heterocycles. The normalized spacial score (nSPS) is 9.87. The van der Waals surface area contributed by atoms with Crippen LogP contribution in [0.1, 0.15) is 17.5 Å². The number of rotatable bonds is 3. The highest BCUT2D eigenvalue weighted by atomic mass is 16.7. The fraction of sp³-hybridized carbons (Fsp3) is 0.364. The van der Waals surface area contributed by atoms with Crippen molar-refractivity contribution in [3.05, 3.63) is 29.6 Å². The highest BCUT2D eigenvalue weighted by molar-refractivity contribution is 5.34. The minimum absolute atomic E-state index is 0.157. The van der Waals surface area contributed by atoms with Crippen LogP contribution >= 0.6 is 0 Å². The van der Waals surface area contributed by atoms with Crippen molar-refractivity contribution < 1.29 is 14.6 Å². The van der Waals surface area contributed by atoms with Crippen LogP contribution in [-0.2, 0) is 9.47 Å². The van der Waals surface area contributed by atoms with E-state index in [1.807, 2.05) is 0 Å². The van der Waals surface area contributed by atoms with E-state index >= 15 is 0 Å². The molecule has 0 saturated heterocycles. The lowest BCUT2D eigenvalue weighted by molar-refractivity contribution is -0.108. The van der Waals surface area contributed by atoms with Gasteiger partial charge in [0.2, 0.25) is 6.29 Å². The Bertz CT molecular complexity index is 364. The highest BCUT2D eigenvalue weighted by Crippen LogP contribution is 2.14. The molecule has 0 saturated carbocycles. The molecule has 4 heteroatoms. The second-order valence-electron chi connectivity index (χ2n) is 2.73. The number of hydrogen-bond donors (Lipinski definition) is 1. The lowest BCUT2D eigenvalue weighted by Crippen LogP contribution is -2.05. The maximum Gasteiger partial charge on any atom is 0.200 e. The number of aliphatic hydroxyl groups is 1. The van der Waals surface area contributed by atoms with Crippen LogP contribution in [0.25, 0.3) is 0 Å². The number of aliphatic hydroxyl groups excluding tert-OH is 1. The Morgan fingerprint density at radius 1 is 1.47 bits per heavy atom. The van der Waals surface area contributed by atoms with Gasteiger partial charge in [0.15, 0.2) is 0 Å². The summed E-state index contributed by atoms with van der Waals surface area (Å²) in [5.74, 6) is 5.35. The molecule has 0 aliphatic carbocycles. The molecule has 0 aliphatic rings. The molecule has 0 aromatic carbocycles. The van der Waals surface area contributed by atoms with Crippen molar-refractivity contribution in [3.63, 3.8) is 0 Å². The SMILES string of the molecule is COC(OC)c1cc(C#CCO)ccn1. The highest BCUT2D eigenvalue weighted by Gasteiger charge is 2.09. The molecule has 0 spiro atoms. The van der Waals surface area contributed by atoms with E-state index in [4.69, 9.17) is 14.6 Å². The van der Waals surface area contributed by atoms with Gasteiger partial charge in [-0.05, 0) is 12.1 Å². The van der Waals surface area contributed by atoms with Crippen LogP contribution < -0.4 is 0 Å². The van der Waals surface area contributed by atoms with Crippen molar-refractivity contribution in [2.45, 2.75) is 6.29 Å². The molecule has 15 heavy (non-hydrogen) atoms. The van der Waals surface area contributed by atoms with Crippen LogP contribution in [0.15, 0.2) is 18.3 Å². The van der Waals surface area contributed by atoms with E-state index in [9.17, 15) is 0 Å². The van der Waals surface area contributed by atoms with Gasteiger partial charge < -0.3 is 14.6 Å². The molecule has 0 amide bonds. The van der Waals surface area contributed by atoms with Gasteiger partial charge in [-0.2, -0.15) is 0 Å². The summed E-state index contributed by atoms with van der Waals surface area (Å²) in [6.07, 6.45) is 1.14. The van der Waals surface area contributed by atoms with E-state index in [-0.39, 0.29) is 6.61 Å². The predicted molar refractivity (Wildman–Crippen MR) is 55.0 cm³/mol. The van der Waals surface area contributed by atoms with Gasteiger partial charge in [0.1, 0.15) is 6.61 Å². The number of ether oxygens (including phenoxy) is 2. The van der Waals surface area contributed by atoms with Crippen molar-refractivity contribution in [1.82, 2.24) is 4.98 Å². The quantitative estimate of drug-likeness (QED) is 0.586. The minimum Gasteiger partial charge on any atom is -0.384 e. The van der Waals surface area contributed by atoms with E-state index in [1.54, 1.807) is 32.5 Å². The zero-order chi connectivity index (χ0) is 11.1. The van der Waals surface area contributed by atoms with Crippen LogP contribution in [0.2, 0.25) is 0 Å². The van der Waals surface area contributed by atoms with Gasteiger partial charge in [0.25, 0.3) is 0 Å². The monoisotopic (exact) mass is 207 g/mol. The molecule has 1 rings (SSSR count). The molecule has 0 atom stereocenters. The van der Waals surface area contributed by atoms with Gasteiger partial charge in [-0.3, -0.25) is 4.98 Å². The molecule has 1 aromatic heterocycles. The molecular weight excluding hydrogens is 194 g/mol. The molecular formula is C11H13NO3. The standard InChI is InChI=1S/C11H13NO3/c1-14-11(15-2)10-8-9(4-3-7-13)5-6-12-10/h5-6,8,11,13H,7H2,1-2H3. The minimum atomic E-state index is -0.485. The van der Waals surface area contributed by atoms with Crippen LogP contribution in [0.3, 0.4) is 0 Å². The number of pyridine rings is 1. The van der Waals surface area contributed by atoms with E-state index in [0.717, 1.165) is 5.56 Å². The van der Waals surface area contributed by atoms with E-state index in [2.05, 4.69) is 16.8 Å². The van der Waals surface area contributed by atoms with Gasteiger partial charge in [-0.1, -0.05) is 11.8 Å². The summed E-state index contributed by atoms with van der Waals surface area (Å²) >= 11 is 0. The maximum atomic E-state index is 8.56. The third-order valence-electron chi connectivity index (χ3n) is 1.76. The first-order chi connectivity index (χ1) is 7.31. The smallest absolute Gasteiger partial charge is 0.200 e. The fourth-order valence-electron chi connectivity index (χ4n) is 1.13. The topological polar surface area (TPSA) is 51.6 Å². The average molecular weight is 207 g/mol. The Balaban J connectivity index is 2.91. The van der Waals surface area contributed by atoms with Crippen molar-refractivity contribution in [1.29, 1.82) is 0 Å². The van der Waals surface area contributed by atoms with Crippen LogP contribution in [0.5, 0.6) is 0 Å². The summed E-state index contributed by atoms with van der Waals surface area (Å²) in [7, 11) is 3.09. The summed E-state index contributed by atoms with van der Waals surface area (Å²) in [5, 5.41) is 8.56. The average Bonchev–Trinajstić information content (AvgIpc) is 2.29. The van der Waals surface area contributed by atoms with Crippen molar-refractivity contribution in [2.24, 2.45) is 0 Å². The Morgan fingerprint density at radius 3 is 2.80 bits per heavy atom. The maximum absolute atomic E-state index is 8.56. The number of methoxy groups -OCH3 is 2. The second kappa shape index (κ2) is 6.14. The molecule has 1 heterocycles. The van der Waals surface area contributed by atoms with Gasteiger partial charge in [-0.25, -0.2) is 0 Å². The summed E-state index contributed by atoms with van der Waals surface area (Å²) in [5.41, 5.74) is 1.43. The van der Waals surface area contributed by atoms with E-state index in [0.29, 0.717) is 5.69 Å². The van der Waals surface area contributed by atoms with Gasteiger partial charge in [0.05, 0.1) is 5.69 Å². The van der Waals surface area contributed by atoms with Gasteiger partial charge in [0, 0.05) is 26.0 Å². The fourth-order valence-corrected chi connectivity index (χ4v) is 1.13. The van der Waals surface area contributed by atoms with E-state index < -0.39 is 6.29 Å². The molecule has 0 fully saturated rings. The van der Waals surface area contributed by atoms with Crippen molar-refractivity contribution in [3.8, 4) is 11.8 Å².